The number of benzene rings is 2. The van der Waals surface area contributed by atoms with Gasteiger partial charge in [0.25, 0.3) is 0 Å². The number of rotatable bonds is 9. The summed E-state index contributed by atoms with van der Waals surface area (Å²) in [5.41, 5.74) is 2.12. The van der Waals surface area contributed by atoms with Crippen LogP contribution in [0.2, 0.25) is 0 Å². The topological polar surface area (TPSA) is 76.2 Å². The van der Waals surface area contributed by atoms with Gasteiger partial charge in [-0.3, -0.25) is 4.79 Å². The lowest BCUT2D eigenvalue weighted by Gasteiger charge is -2.37. The van der Waals surface area contributed by atoms with Crippen LogP contribution in [0, 0.1) is 0 Å². The van der Waals surface area contributed by atoms with E-state index in [1.165, 1.54) is 35.5 Å². The number of ether oxygens (including phenoxy) is 2. The number of fused-ring (bicyclic) bond motifs is 1. The number of hydrogen-bond acceptors (Lipinski definition) is 6. The Labute approximate surface area is 204 Å². The van der Waals surface area contributed by atoms with Crippen molar-refractivity contribution in [1.29, 1.82) is 0 Å². The molecule has 0 radical (unpaired) electrons. The number of carbonyl (C=O) groups is 1. The van der Waals surface area contributed by atoms with E-state index in [-0.39, 0.29) is 36.5 Å². The molecule has 2 heterocycles. The molecule has 4 rings (SSSR count). The minimum Gasteiger partial charge on any atom is -0.497 e. The summed E-state index contributed by atoms with van der Waals surface area (Å²) in [6.07, 6.45) is 0.755. The second-order valence-electron chi connectivity index (χ2n) is 7.96. The van der Waals surface area contributed by atoms with Gasteiger partial charge in [0.15, 0.2) is 0 Å². The Hall–Kier alpha value is -2.72. The molecule has 0 N–H and O–H groups in total. The number of nitrogens with zero attached hydrogens (tertiary/aromatic N) is 2. The highest BCUT2D eigenvalue weighted by atomic mass is 32.2. The van der Waals surface area contributed by atoms with Crippen molar-refractivity contribution in [2.24, 2.45) is 0 Å². The van der Waals surface area contributed by atoms with Crippen LogP contribution in [0.3, 0.4) is 0 Å². The van der Waals surface area contributed by atoms with Gasteiger partial charge in [-0.2, -0.15) is 4.31 Å². The smallest absolute Gasteiger partial charge is 0.243 e. The first-order chi connectivity index (χ1) is 16.5. The number of thiophene rings is 1. The monoisotopic (exact) mass is 500 g/mol. The molecule has 0 bridgehead atoms. The normalized spacial score (nSPS) is 15.9. The van der Waals surface area contributed by atoms with Gasteiger partial charge < -0.3 is 14.4 Å². The van der Waals surface area contributed by atoms with E-state index in [0.29, 0.717) is 12.3 Å². The third-order valence-corrected chi connectivity index (χ3v) is 8.81. The van der Waals surface area contributed by atoms with Crippen LogP contribution in [0.15, 0.2) is 70.9 Å². The van der Waals surface area contributed by atoms with Crippen LogP contribution in [0.5, 0.6) is 5.75 Å². The third kappa shape index (κ3) is 5.02. The fourth-order valence-electron chi connectivity index (χ4n) is 4.20. The van der Waals surface area contributed by atoms with E-state index in [4.69, 9.17) is 9.47 Å². The Bertz CT molecular complexity index is 1210. The van der Waals surface area contributed by atoms with Crippen LogP contribution in [-0.2, 0) is 26.0 Å². The Kier molecular flexibility index (Phi) is 7.67. The molecular weight excluding hydrogens is 472 g/mol. The zero-order chi connectivity index (χ0) is 24.1. The maximum absolute atomic E-state index is 13.6. The van der Waals surface area contributed by atoms with E-state index in [1.807, 2.05) is 35.7 Å². The molecule has 0 saturated carbocycles. The Morgan fingerprint density at radius 2 is 1.82 bits per heavy atom. The Morgan fingerprint density at radius 1 is 1.09 bits per heavy atom. The molecule has 1 aromatic heterocycles. The van der Waals surface area contributed by atoms with E-state index in [0.717, 1.165) is 17.5 Å². The minimum absolute atomic E-state index is 0.0736. The van der Waals surface area contributed by atoms with Crippen LogP contribution in [0.25, 0.3) is 0 Å². The molecular formula is C25H28N2O5S2. The van der Waals surface area contributed by atoms with E-state index in [1.54, 1.807) is 28.4 Å². The fraction of sp³-hybridized carbons (Fsp3) is 0.320. The molecule has 0 saturated heterocycles. The molecule has 1 atom stereocenters. The molecule has 0 fully saturated rings. The average molecular weight is 501 g/mol. The lowest BCUT2D eigenvalue weighted by atomic mass is 9.93. The van der Waals surface area contributed by atoms with E-state index < -0.39 is 10.0 Å². The summed E-state index contributed by atoms with van der Waals surface area (Å²) in [4.78, 5) is 16.8. The van der Waals surface area contributed by atoms with Crippen molar-refractivity contribution >= 4 is 27.3 Å². The van der Waals surface area contributed by atoms with Crippen molar-refractivity contribution in [2.75, 3.05) is 40.5 Å². The molecule has 1 unspecified atom stereocenters. The maximum atomic E-state index is 13.6. The molecule has 0 spiro atoms. The second kappa shape index (κ2) is 10.7. The standard InChI is InChI=1S/C25H28N2O5S2/c1-31-16-15-26(34(29,30)21-10-8-20(32-2)9-11-21)18-24(28)27-14-12-23-22(13-17-33-23)25(27)19-6-4-3-5-7-19/h3-11,13,17,25H,12,14-16,18H2,1-2H3. The first-order valence-electron chi connectivity index (χ1n) is 11.0. The number of hydrogen-bond donors (Lipinski definition) is 0. The predicted octanol–water partition coefficient (Wildman–Crippen LogP) is 3.57. The average Bonchev–Trinajstić information content (AvgIpc) is 3.35. The number of methoxy groups -OCH3 is 2. The van der Waals surface area contributed by atoms with Crippen molar-refractivity contribution in [3.63, 3.8) is 0 Å². The summed E-state index contributed by atoms with van der Waals surface area (Å²) in [6.45, 7) is 0.525. The van der Waals surface area contributed by atoms with Crippen LogP contribution in [0.4, 0.5) is 0 Å². The van der Waals surface area contributed by atoms with Gasteiger partial charge in [0.2, 0.25) is 15.9 Å². The lowest BCUT2D eigenvalue weighted by molar-refractivity contribution is -0.133. The third-order valence-electron chi connectivity index (χ3n) is 5.96. The second-order valence-corrected chi connectivity index (χ2v) is 10.9. The molecule has 7 nitrogen and oxygen atoms in total. The molecule has 180 valence electrons. The largest absolute Gasteiger partial charge is 0.497 e. The number of sulfonamides is 1. The molecule has 1 amide bonds. The quantitative estimate of drug-likeness (QED) is 0.449. The summed E-state index contributed by atoms with van der Waals surface area (Å²) >= 11 is 1.70. The Morgan fingerprint density at radius 3 is 2.50 bits per heavy atom. The number of carbonyl (C=O) groups excluding carboxylic acids is 1. The first kappa shape index (κ1) is 24.4. The van der Waals surface area contributed by atoms with Gasteiger partial charge in [0.05, 0.1) is 31.2 Å². The Balaban J connectivity index is 1.63. The summed E-state index contributed by atoms with van der Waals surface area (Å²) in [7, 11) is -0.882. The highest BCUT2D eigenvalue weighted by Gasteiger charge is 2.35. The van der Waals surface area contributed by atoms with Gasteiger partial charge in [-0.15, -0.1) is 11.3 Å². The van der Waals surface area contributed by atoms with Crippen LogP contribution in [0.1, 0.15) is 22.0 Å². The zero-order valence-electron chi connectivity index (χ0n) is 19.2. The van der Waals surface area contributed by atoms with Gasteiger partial charge in [-0.25, -0.2) is 8.42 Å². The van der Waals surface area contributed by atoms with Gasteiger partial charge >= 0.3 is 0 Å². The van der Waals surface area contributed by atoms with E-state index in [2.05, 4.69) is 6.07 Å². The lowest BCUT2D eigenvalue weighted by Crippen LogP contribution is -2.47. The molecule has 0 aliphatic carbocycles. The summed E-state index contributed by atoms with van der Waals surface area (Å²) in [6, 6.07) is 17.9. The maximum Gasteiger partial charge on any atom is 0.243 e. The van der Waals surface area contributed by atoms with Crippen molar-refractivity contribution in [1.82, 2.24) is 9.21 Å². The van der Waals surface area contributed by atoms with Gasteiger partial charge in [-0.05, 0) is 53.3 Å². The molecule has 2 aromatic carbocycles. The van der Waals surface area contributed by atoms with E-state index >= 15 is 0 Å². The van der Waals surface area contributed by atoms with Gasteiger partial charge in [0.1, 0.15) is 5.75 Å². The van der Waals surface area contributed by atoms with Crippen molar-refractivity contribution in [3.8, 4) is 5.75 Å². The van der Waals surface area contributed by atoms with Crippen LogP contribution in [-0.4, -0.2) is 64.0 Å². The molecule has 1 aliphatic heterocycles. The van der Waals surface area contributed by atoms with Gasteiger partial charge in [-0.1, -0.05) is 30.3 Å². The summed E-state index contributed by atoms with van der Waals surface area (Å²) in [5, 5.41) is 2.05. The van der Waals surface area contributed by atoms with Gasteiger partial charge in [0, 0.05) is 25.1 Å². The SMILES string of the molecule is COCCN(CC(=O)N1CCc2sccc2C1c1ccccc1)S(=O)(=O)c1ccc(OC)cc1. The minimum atomic E-state index is -3.91. The summed E-state index contributed by atoms with van der Waals surface area (Å²) < 4.78 is 38.3. The highest BCUT2D eigenvalue weighted by molar-refractivity contribution is 7.89. The van der Waals surface area contributed by atoms with Crippen molar-refractivity contribution in [2.45, 2.75) is 17.4 Å². The predicted molar refractivity (Wildman–Crippen MR) is 132 cm³/mol. The fourth-order valence-corrected chi connectivity index (χ4v) is 6.47. The summed E-state index contributed by atoms with van der Waals surface area (Å²) in [5.74, 6) is 0.322. The first-order valence-corrected chi connectivity index (χ1v) is 13.3. The highest BCUT2D eigenvalue weighted by Crippen LogP contribution is 2.38. The molecule has 3 aromatic rings. The van der Waals surface area contributed by atoms with E-state index in [9.17, 15) is 13.2 Å². The van der Waals surface area contributed by atoms with Crippen LogP contribution >= 0.6 is 11.3 Å². The van der Waals surface area contributed by atoms with Crippen molar-refractivity contribution in [3.05, 3.63) is 82.0 Å². The molecule has 1 aliphatic rings. The van der Waals surface area contributed by atoms with Crippen molar-refractivity contribution < 1.29 is 22.7 Å². The zero-order valence-corrected chi connectivity index (χ0v) is 20.8. The molecule has 9 heteroatoms. The molecule has 34 heavy (non-hydrogen) atoms. The van der Waals surface area contributed by atoms with Crippen LogP contribution < -0.4 is 4.74 Å². The number of amides is 1.